The smallest absolute Gasteiger partial charge is 0.187 e. The number of nitrogens with zero attached hydrogens (tertiary/aromatic N) is 1. The zero-order valence-corrected chi connectivity index (χ0v) is 20.0. The van der Waals surface area contributed by atoms with Gasteiger partial charge in [-0.1, -0.05) is 37.5 Å². The summed E-state index contributed by atoms with van der Waals surface area (Å²) in [6.07, 6.45) is 10.0. The maximum absolute atomic E-state index is 5.86. The summed E-state index contributed by atoms with van der Waals surface area (Å²) >= 11 is 5.09. The molecule has 0 amide bonds. The van der Waals surface area contributed by atoms with Gasteiger partial charge in [-0.25, -0.2) is 0 Å². The van der Waals surface area contributed by atoms with Crippen LogP contribution in [0.4, 0.5) is 0 Å². The summed E-state index contributed by atoms with van der Waals surface area (Å²) in [5.74, 6) is 2.85. The minimum absolute atomic E-state index is 0.416. The second-order valence-corrected chi connectivity index (χ2v) is 8.29. The van der Waals surface area contributed by atoms with Gasteiger partial charge in [0.1, 0.15) is 19.0 Å². The Hall–Kier alpha value is -3.06. The number of hydrogen-bond donors (Lipinski definition) is 2. The number of ether oxygens (including phenoxy) is 3. The largest absolute Gasteiger partial charge is 0.493 e. The summed E-state index contributed by atoms with van der Waals surface area (Å²) in [6, 6.07) is 14.1. The molecule has 1 aliphatic carbocycles. The summed E-state index contributed by atoms with van der Waals surface area (Å²) in [7, 11) is 1.61. The molecule has 6 nitrogen and oxygen atoms in total. The van der Waals surface area contributed by atoms with Crippen LogP contribution in [0.3, 0.4) is 0 Å². The zero-order chi connectivity index (χ0) is 23.3. The standard InChI is InChI=1S/C26H33N3O3S/c1-3-15-27-26(33)29-28-19-20-9-14-24(25(18-20)30-2)32-17-16-31-23-12-10-22(11-13-23)21-7-5-4-6-8-21/h3,9-14,18-19,21H,1,4-8,15-17H2,2H3,(H2,27,29,33)/b28-19+. The average Bonchev–Trinajstić information content (AvgIpc) is 2.86. The Morgan fingerprint density at radius 1 is 1.06 bits per heavy atom. The van der Waals surface area contributed by atoms with Gasteiger partial charge in [0, 0.05) is 6.54 Å². The van der Waals surface area contributed by atoms with E-state index in [-0.39, 0.29) is 0 Å². The Balaban J connectivity index is 1.44. The van der Waals surface area contributed by atoms with Crippen molar-refractivity contribution in [2.75, 3.05) is 26.9 Å². The number of thiocarbonyl (C=S) groups is 1. The van der Waals surface area contributed by atoms with Crippen LogP contribution in [0.5, 0.6) is 17.2 Å². The van der Waals surface area contributed by atoms with Gasteiger partial charge in [-0.3, -0.25) is 5.43 Å². The molecule has 3 rings (SSSR count). The van der Waals surface area contributed by atoms with Gasteiger partial charge < -0.3 is 19.5 Å². The van der Waals surface area contributed by atoms with Crippen LogP contribution in [0.1, 0.15) is 49.1 Å². The highest BCUT2D eigenvalue weighted by Crippen LogP contribution is 2.33. The van der Waals surface area contributed by atoms with Gasteiger partial charge in [-0.2, -0.15) is 5.10 Å². The Morgan fingerprint density at radius 3 is 2.55 bits per heavy atom. The maximum atomic E-state index is 5.86. The molecule has 0 spiro atoms. The van der Waals surface area contributed by atoms with Crippen LogP contribution in [0.15, 0.2) is 60.2 Å². The molecular weight excluding hydrogens is 434 g/mol. The third kappa shape index (κ3) is 8.09. The van der Waals surface area contributed by atoms with Crippen molar-refractivity contribution < 1.29 is 14.2 Å². The lowest BCUT2D eigenvalue weighted by molar-refractivity contribution is 0.211. The number of methoxy groups -OCH3 is 1. The lowest BCUT2D eigenvalue weighted by Crippen LogP contribution is -2.31. The summed E-state index contributed by atoms with van der Waals surface area (Å²) in [5.41, 5.74) is 5.03. The molecule has 0 radical (unpaired) electrons. The van der Waals surface area contributed by atoms with Gasteiger partial charge in [0.15, 0.2) is 16.6 Å². The van der Waals surface area contributed by atoms with Gasteiger partial charge in [0.05, 0.1) is 13.3 Å². The van der Waals surface area contributed by atoms with Crippen molar-refractivity contribution in [3.8, 4) is 17.2 Å². The van der Waals surface area contributed by atoms with Crippen LogP contribution in [-0.4, -0.2) is 38.2 Å². The molecule has 33 heavy (non-hydrogen) atoms. The Labute approximate surface area is 202 Å². The SMILES string of the molecule is C=CCNC(=S)N/N=C/c1ccc(OCCOc2ccc(C3CCCCC3)cc2)c(OC)c1. The van der Waals surface area contributed by atoms with E-state index in [0.29, 0.717) is 42.3 Å². The molecule has 0 bridgehead atoms. The van der Waals surface area contributed by atoms with Crippen LogP contribution in [0.25, 0.3) is 0 Å². The second kappa shape index (κ2) is 13.5. The van der Waals surface area contributed by atoms with E-state index < -0.39 is 0 Å². The number of hydrogen-bond acceptors (Lipinski definition) is 5. The van der Waals surface area contributed by atoms with Crippen molar-refractivity contribution in [3.63, 3.8) is 0 Å². The van der Waals surface area contributed by atoms with Crippen molar-refractivity contribution in [1.82, 2.24) is 10.7 Å². The normalized spacial score (nSPS) is 14.0. The second-order valence-electron chi connectivity index (χ2n) is 7.88. The van der Waals surface area contributed by atoms with Gasteiger partial charge in [-0.15, -0.1) is 6.58 Å². The molecule has 0 aromatic heterocycles. The minimum Gasteiger partial charge on any atom is -0.493 e. The van der Waals surface area contributed by atoms with E-state index >= 15 is 0 Å². The summed E-state index contributed by atoms with van der Waals surface area (Å²) in [6.45, 7) is 5.08. The van der Waals surface area contributed by atoms with Crippen LogP contribution in [0, 0.1) is 0 Å². The fourth-order valence-electron chi connectivity index (χ4n) is 3.84. The predicted octanol–water partition coefficient (Wildman–Crippen LogP) is 5.18. The molecule has 176 valence electrons. The molecule has 1 fully saturated rings. The maximum Gasteiger partial charge on any atom is 0.187 e. The van der Waals surface area contributed by atoms with Crippen molar-refractivity contribution in [1.29, 1.82) is 0 Å². The van der Waals surface area contributed by atoms with E-state index in [1.807, 2.05) is 18.2 Å². The Bertz CT molecular complexity index is 925. The van der Waals surface area contributed by atoms with Crippen LogP contribution in [-0.2, 0) is 0 Å². The van der Waals surface area contributed by atoms with Gasteiger partial charge in [0.2, 0.25) is 0 Å². The number of benzene rings is 2. The lowest BCUT2D eigenvalue weighted by Gasteiger charge is -2.22. The molecule has 0 heterocycles. The van der Waals surface area contributed by atoms with Crippen molar-refractivity contribution in [2.45, 2.75) is 38.0 Å². The molecule has 7 heteroatoms. The van der Waals surface area contributed by atoms with Gasteiger partial charge >= 0.3 is 0 Å². The first kappa shape index (κ1) is 24.6. The van der Waals surface area contributed by atoms with Crippen molar-refractivity contribution >= 4 is 23.5 Å². The average molecular weight is 468 g/mol. The number of hydrazone groups is 1. The van der Waals surface area contributed by atoms with Crippen molar-refractivity contribution in [3.05, 3.63) is 66.2 Å². The number of rotatable bonds is 11. The Kier molecular flexibility index (Phi) is 10.0. The van der Waals surface area contributed by atoms with Crippen LogP contribution >= 0.6 is 12.2 Å². The van der Waals surface area contributed by atoms with Crippen LogP contribution < -0.4 is 25.0 Å². The minimum atomic E-state index is 0.416. The highest BCUT2D eigenvalue weighted by atomic mass is 32.1. The topological polar surface area (TPSA) is 64.1 Å². The zero-order valence-electron chi connectivity index (χ0n) is 19.2. The molecule has 0 aliphatic heterocycles. The Morgan fingerprint density at radius 2 is 1.82 bits per heavy atom. The molecule has 1 aliphatic rings. The molecule has 2 aromatic rings. The predicted molar refractivity (Wildman–Crippen MR) is 138 cm³/mol. The summed E-state index contributed by atoms with van der Waals surface area (Å²) in [5, 5.41) is 7.49. The third-order valence-corrected chi connectivity index (χ3v) is 5.78. The third-order valence-electron chi connectivity index (χ3n) is 5.54. The van der Waals surface area contributed by atoms with E-state index in [1.54, 1.807) is 19.4 Å². The van der Waals surface area contributed by atoms with Crippen LogP contribution in [0.2, 0.25) is 0 Å². The fourth-order valence-corrected chi connectivity index (χ4v) is 3.97. The fraction of sp³-hybridized carbons (Fsp3) is 0.385. The molecular formula is C26H33N3O3S. The summed E-state index contributed by atoms with van der Waals surface area (Å²) in [4.78, 5) is 0. The van der Waals surface area contributed by atoms with Gasteiger partial charge in [-0.05, 0) is 72.4 Å². The first-order valence-corrected chi connectivity index (χ1v) is 11.8. The molecule has 0 unspecified atom stereocenters. The van der Waals surface area contributed by atoms with E-state index in [9.17, 15) is 0 Å². The quantitative estimate of drug-likeness (QED) is 0.156. The highest BCUT2D eigenvalue weighted by Gasteiger charge is 2.15. The first-order valence-electron chi connectivity index (χ1n) is 11.4. The molecule has 0 saturated heterocycles. The molecule has 2 aromatic carbocycles. The first-order chi connectivity index (χ1) is 16.2. The summed E-state index contributed by atoms with van der Waals surface area (Å²) < 4.78 is 17.2. The lowest BCUT2D eigenvalue weighted by atomic mass is 9.84. The van der Waals surface area contributed by atoms with Gasteiger partial charge in [0.25, 0.3) is 0 Å². The van der Waals surface area contributed by atoms with Crippen molar-refractivity contribution in [2.24, 2.45) is 5.10 Å². The molecule has 0 atom stereocenters. The number of nitrogens with one attached hydrogen (secondary N) is 2. The van der Waals surface area contributed by atoms with E-state index in [2.05, 4.69) is 46.7 Å². The molecule has 1 saturated carbocycles. The highest BCUT2D eigenvalue weighted by molar-refractivity contribution is 7.80. The van der Waals surface area contributed by atoms with E-state index in [4.69, 9.17) is 26.4 Å². The monoisotopic (exact) mass is 467 g/mol. The van der Waals surface area contributed by atoms with E-state index in [1.165, 1.54) is 37.7 Å². The molecule has 2 N–H and O–H groups in total. The van der Waals surface area contributed by atoms with E-state index in [0.717, 1.165) is 11.3 Å².